The van der Waals surface area contributed by atoms with E-state index in [1.165, 1.54) is 20.2 Å². The molecule has 0 amide bonds. The lowest BCUT2D eigenvalue weighted by molar-refractivity contribution is 0.668. The summed E-state index contributed by atoms with van der Waals surface area (Å²) in [5.41, 5.74) is 5.32. The first-order valence-corrected chi connectivity index (χ1v) is 15.4. The van der Waals surface area contributed by atoms with E-state index in [1.807, 2.05) is 54.6 Å². The Morgan fingerprint density at radius 3 is 2.27 bits per heavy atom. The van der Waals surface area contributed by atoms with Crippen LogP contribution < -0.4 is 0 Å². The summed E-state index contributed by atoms with van der Waals surface area (Å²) in [6.45, 7) is 0. The predicted molar refractivity (Wildman–Crippen MR) is 186 cm³/mol. The zero-order valence-electron chi connectivity index (χ0n) is 28.8. The van der Waals surface area contributed by atoms with E-state index >= 15 is 0 Å². The zero-order chi connectivity index (χ0) is 34.1. The molecule has 3 heterocycles. The average Bonchev–Trinajstić information content (AvgIpc) is 3.72. The van der Waals surface area contributed by atoms with E-state index in [2.05, 4.69) is 59.6 Å². The summed E-state index contributed by atoms with van der Waals surface area (Å²) in [5.74, 6) is 0.767. The van der Waals surface area contributed by atoms with Crippen molar-refractivity contribution in [2.45, 2.75) is 6.42 Å². The van der Waals surface area contributed by atoms with Crippen LogP contribution in [0.3, 0.4) is 0 Å². The molecule has 9 aromatic rings. The molecule has 0 saturated carbocycles. The van der Waals surface area contributed by atoms with E-state index < -0.39 is 18.1 Å². The normalized spacial score (nSPS) is 13.2. The highest BCUT2D eigenvalue weighted by Crippen LogP contribution is 2.41. The third kappa shape index (κ3) is 4.48. The SMILES string of the molecule is [2H]c1c([2H])c([2H])c(-c2nc(Cc3cccc4oc5ccc(-c6cccc7c6sc6ccccc67)cc5c34)nc(-c3ccccc3)n2)c([2H])c1[2H]. The highest BCUT2D eigenvalue weighted by atomic mass is 32.1. The van der Waals surface area contributed by atoms with Gasteiger partial charge in [0.05, 0.1) is 6.85 Å². The molecule has 3 aromatic heterocycles. The van der Waals surface area contributed by atoms with Crippen molar-refractivity contribution >= 4 is 53.4 Å². The Hall–Kier alpha value is -5.65. The van der Waals surface area contributed by atoms with Crippen LogP contribution in [0.2, 0.25) is 0 Å². The zero-order valence-corrected chi connectivity index (χ0v) is 24.6. The standard InChI is InChI=1S/C40H25N3OS/c1-3-11-25(12-4-1)39-41-36(42-40(43-39)26-13-5-2-6-14-26)24-28-15-9-19-34-37(28)32-23-27(21-22-33(32)44-34)29-17-10-18-31-30-16-7-8-20-35(30)45-38(29)31/h1-23H,24H2/i1D,3D,4D,11D,12D. The quantitative estimate of drug-likeness (QED) is 0.197. The summed E-state index contributed by atoms with van der Waals surface area (Å²) >= 11 is 1.80. The summed E-state index contributed by atoms with van der Waals surface area (Å²) in [6.07, 6.45) is 0.288. The van der Waals surface area contributed by atoms with Gasteiger partial charge in [-0.2, -0.15) is 0 Å². The van der Waals surface area contributed by atoms with E-state index in [4.69, 9.17) is 21.2 Å². The van der Waals surface area contributed by atoms with Crippen LogP contribution in [0.15, 0.2) is 144 Å². The number of hydrogen-bond donors (Lipinski definition) is 0. The maximum absolute atomic E-state index is 8.61. The lowest BCUT2D eigenvalue weighted by Gasteiger charge is -2.09. The van der Waals surface area contributed by atoms with Gasteiger partial charge in [0.25, 0.3) is 0 Å². The molecule has 0 aliphatic heterocycles. The largest absolute Gasteiger partial charge is 0.456 e. The third-order valence-corrected chi connectivity index (χ3v) is 9.30. The van der Waals surface area contributed by atoms with Crippen molar-refractivity contribution in [1.82, 2.24) is 15.0 Å². The number of fused-ring (bicyclic) bond motifs is 6. The van der Waals surface area contributed by atoms with Gasteiger partial charge in [0.1, 0.15) is 17.0 Å². The molecule has 45 heavy (non-hydrogen) atoms. The number of hydrogen-bond acceptors (Lipinski definition) is 5. The smallest absolute Gasteiger partial charge is 0.163 e. The monoisotopic (exact) mass is 600 g/mol. The molecule has 0 spiro atoms. The molecule has 0 radical (unpaired) electrons. The summed E-state index contributed by atoms with van der Waals surface area (Å²) in [4.78, 5) is 14.2. The van der Waals surface area contributed by atoms with Crippen molar-refractivity contribution in [1.29, 1.82) is 0 Å². The summed E-state index contributed by atoms with van der Waals surface area (Å²) in [7, 11) is 0. The maximum atomic E-state index is 8.61. The van der Waals surface area contributed by atoms with Crippen LogP contribution in [-0.4, -0.2) is 15.0 Å². The summed E-state index contributed by atoms with van der Waals surface area (Å²) in [5, 5.41) is 4.40. The predicted octanol–water partition coefficient (Wildman–Crippen LogP) is 10.7. The van der Waals surface area contributed by atoms with Crippen molar-refractivity contribution in [3.05, 3.63) is 151 Å². The van der Waals surface area contributed by atoms with Crippen LogP contribution >= 0.6 is 11.3 Å². The van der Waals surface area contributed by atoms with E-state index in [9.17, 15) is 0 Å². The molecule has 0 fully saturated rings. The molecule has 212 valence electrons. The highest BCUT2D eigenvalue weighted by molar-refractivity contribution is 7.26. The van der Waals surface area contributed by atoms with Crippen LogP contribution in [-0.2, 0) is 6.42 Å². The molecular formula is C40H25N3OS. The van der Waals surface area contributed by atoms with E-state index in [0.29, 0.717) is 11.6 Å². The number of aromatic nitrogens is 3. The van der Waals surface area contributed by atoms with E-state index in [0.717, 1.165) is 44.2 Å². The molecule has 0 atom stereocenters. The minimum absolute atomic E-state index is 0.0220. The van der Waals surface area contributed by atoms with Crippen LogP contribution in [0.4, 0.5) is 0 Å². The van der Waals surface area contributed by atoms with Gasteiger partial charge in [0, 0.05) is 48.5 Å². The first-order valence-electron chi connectivity index (χ1n) is 17.1. The first-order chi connectivity index (χ1) is 24.4. The molecule has 6 aromatic carbocycles. The van der Waals surface area contributed by atoms with Gasteiger partial charge in [-0.25, -0.2) is 15.0 Å². The lowest BCUT2D eigenvalue weighted by atomic mass is 9.98. The minimum Gasteiger partial charge on any atom is -0.456 e. The molecular weight excluding hydrogens is 571 g/mol. The fourth-order valence-electron chi connectivity index (χ4n) is 6.05. The number of thiophene rings is 1. The average molecular weight is 601 g/mol. The second kappa shape index (κ2) is 10.5. The van der Waals surface area contributed by atoms with Crippen LogP contribution in [0, 0.1) is 0 Å². The van der Waals surface area contributed by atoms with Gasteiger partial charge in [-0.15, -0.1) is 11.3 Å². The van der Waals surface area contributed by atoms with Crippen LogP contribution in [0.5, 0.6) is 0 Å². The van der Waals surface area contributed by atoms with Crippen molar-refractivity contribution < 1.29 is 11.3 Å². The first kappa shape index (κ1) is 21.1. The van der Waals surface area contributed by atoms with Crippen LogP contribution in [0.25, 0.3) is 76.0 Å². The number of rotatable bonds is 5. The minimum atomic E-state index is -0.470. The van der Waals surface area contributed by atoms with Gasteiger partial charge in [-0.05, 0) is 41.0 Å². The fraction of sp³-hybridized carbons (Fsp3) is 0.0250. The van der Waals surface area contributed by atoms with Crippen molar-refractivity contribution in [2.24, 2.45) is 0 Å². The lowest BCUT2D eigenvalue weighted by Crippen LogP contribution is -2.04. The summed E-state index contributed by atoms with van der Waals surface area (Å²) in [6, 6.07) is 34.5. The van der Waals surface area contributed by atoms with Crippen molar-refractivity contribution in [2.75, 3.05) is 0 Å². The van der Waals surface area contributed by atoms with Gasteiger partial charge in [0.2, 0.25) is 0 Å². The fourth-order valence-corrected chi connectivity index (χ4v) is 7.29. The topological polar surface area (TPSA) is 51.8 Å². The molecule has 0 N–H and O–H groups in total. The second-order valence-corrected chi connectivity index (χ2v) is 11.9. The number of nitrogens with zero attached hydrogens (tertiary/aromatic N) is 3. The second-order valence-electron chi connectivity index (χ2n) is 10.8. The molecule has 0 saturated heterocycles. The van der Waals surface area contributed by atoms with Crippen molar-refractivity contribution in [3.63, 3.8) is 0 Å². The Morgan fingerprint density at radius 2 is 1.38 bits per heavy atom. The third-order valence-electron chi connectivity index (χ3n) is 8.08. The molecule has 0 bridgehead atoms. The van der Waals surface area contributed by atoms with Gasteiger partial charge < -0.3 is 4.42 Å². The Kier molecular flexibility index (Phi) is 4.93. The van der Waals surface area contributed by atoms with E-state index in [1.54, 1.807) is 11.3 Å². The molecule has 4 nitrogen and oxygen atoms in total. The molecule has 5 heteroatoms. The molecule has 0 aliphatic rings. The molecule has 0 unspecified atom stereocenters. The molecule has 9 rings (SSSR count). The number of benzene rings is 6. The van der Waals surface area contributed by atoms with Gasteiger partial charge in [0.15, 0.2) is 11.6 Å². The van der Waals surface area contributed by atoms with Gasteiger partial charge >= 0.3 is 0 Å². The highest BCUT2D eigenvalue weighted by Gasteiger charge is 2.17. The van der Waals surface area contributed by atoms with Crippen molar-refractivity contribution in [3.8, 4) is 33.9 Å². The Bertz CT molecular complexity index is 2780. The Balaban J connectivity index is 1.21. The Labute approximate surface area is 270 Å². The Morgan fingerprint density at radius 1 is 0.600 bits per heavy atom. The van der Waals surface area contributed by atoms with Gasteiger partial charge in [-0.1, -0.05) is 115 Å². The number of furan rings is 1. The van der Waals surface area contributed by atoms with Crippen LogP contribution in [0.1, 0.15) is 18.2 Å². The van der Waals surface area contributed by atoms with E-state index in [-0.39, 0.29) is 29.9 Å². The molecule has 0 aliphatic carbocycles. The summed E-state index contributed by atoms with van der Waals surface area (Å²) < 4.78 is 50.6. The maximum Gasteiger partial charge on any atom is 0.163 e. The van der Waals surface area contributed by atoms with Gasteiger partial charge in [-0.3, -0.25) is 0 Å².